The summed E-state index contributed by atoms with van der Waals surface area (Å²) in [7, 11) is 0. The van der Waals surface area contributed by atoms with E-state index in [1.165, 1.54) is 12.8 Å². The molecule has 3 nitrogen and oxygen atoms in total. The Hall–Kier alpha value is -0.870. The van der Waals surface area contributed by atoms with Crippen LogP contribution in [-0.2, 0) is 0 Å². The minimum Gasteiger partial charge on any atom is -0.394 e. The Bertz CT molecular complexity index is 461. The van der Waals surface area contributed by atoms with Gasteiger partial charge in [0, 0.05) is 22.3 Å². The van der Waals surface area contributed by atoms with Crippen molar-refractivity contribution < 1.29 is 9.90 Å². The molecule has 1 aliphatic heterocycles. The number of ketones is 1. The summed E-state index contributed by atoms with van der Waals surface area (Å²) in [6.45, 7) is 2.73. The van der Waals surface area contributed by atoms with Gasteiger partial charge >= 0.3 is 0 Å². The quantitative estimate of drug-likeness (QED) is 0.866. The highest BCUT2D eigenvalue weighted by Crippen LogP contribution is 2.28. The minimum atomic E-state index is 0.0630. The third-order valence-corrected chi connectivity index (χ3v) is 4.41. The topological polar surface area (TPSA) is 40.5 Å². The van der Waals surface area contributed by atoms with Crippen LogP contribution in [0.15, 0.2) is 22.7 Å². The van der Waals surface area contributed by atoms with Crippen molar-refractivity contribution in [3.8, 4) is 0 Å². The molecule has 0 amide bonds. The number of carbonyl (C=O) groups excluding carboxylic acids is 1. The molecule has 0 bridgehead atoms. The molecule has 1 aromatic rings. The molecular formula is C15H20BrNO2. The summed E-state index contributed by atoms with van der Waals surface area (Å²) in [4.78, 5) is 13.7. The molecule has 2 rings (SSSR count). The van der Waals surface area contributed by atoms with E-state index < -0.39 is 0 Å². The number of Topliss-reactive ketones (excluding diaryl/α,β-unsaturated/α-hetero) is 1. The van der Waals surface area contributed by atoms with Gasteiger partial charge in [-0.25, -0.2) is 0 Å². The zero-order valence-corrected chi connectivity index (χ0v) is 12.8. The number of nitrogens with zero attached hydrogens (tertiary/aromatic N) is 1. The molecule has 1 atom stereocenters. The predicted molar refractivity (Wildman–Crippen MR) is 80.8 cm³/mol. The first-order valence-corrected chi connectivity index (χ1v) is 7.60. The van der Waals surface area contributed by atoms with E-state index in [-0.39, 0.29) is 18.4 Å². The summed E-state index contributed by atoms with van der Waals surface area (Å²) < 4.78 is 0.832. The average Bonchev–Trinajstić information content (AvgIpc) is 2.63. The summed E-state index contributed by atoms with van der Waals surface area (Å²) >= 11 is 3.47. The molecule has 0 radical (unpaired) electrons. The van der Waals surface area contributed by atoms with Gasteiger partial charge in [-0.1, -0.05) is 12.8 Å². The van der Waals surface area contributed by atoms with Crippen LogP contribution in [0.3, 0.4) is 0 Å². The van der Waals surface area contributed by atoms with E-state index in [0.717, 1.165) is 29.5 Å². The summed E-state index contributed by atoms with van der Waals surface area (Å²) in [6.07, 6.45) is 4.58. The van der Waals surface area contributed by atoms with Gasteiger partial charge in [-0.05, 0) is 53.9 Å². The zero-order valence-electron chi connectivity index (χ0n) is 11.2. The van der Waals surface area contributed by atoms with Crippen LogP contribution in [0, 0.1) is 0 Å². The van der Waals surface area contributed by atoms with Gasteiger partial charge in [0.25, 0.3) is 0 Å². The van der Waals surface area contributed by atoms with E-state index >= 15 is 0 Å². The highest BCUT2D eigenvalue weighted by molar-refractivity contribution is 9.10. The number of rotatable bonds is 3. The van der Waals surface area contributed by atoms with Gasteiger partial charge < -0.3 is 10.0 Å². The normalized spacial score (nSPS) is 20.2. The lowest BCUT2D eigenvalue weighted by Crippen LogP contribution is -2.37. The Morgan fingerprint density at radius 2 is 2.21 bits per heavy atom. The van der Waals surface area contributed by atoms with Crippen LogP contribution in [-0.4, -0.2) is 30.1 Å². The fraction of sp³-hybridized carbons (Fsp3) is 0.533. The molecule has 1 unspecified atom stereocenters. The Morgan fingerprint density at radius 3 is 2.84 bits per heavy atom. The van der Waals surface area contributed by atoms with Crippen molar-refractivity contribution in [2.45, 2.75) is 38.6 Å². The first-order chi connectivity index (χ1) is 9.13. The number of aliphatic hydroxyl groups excluding tert-OH is 1. The van der Waals surface area contributed by atoms with Crippen LogP contribution in [0.5, 0.6) is 0 Å². The van der Waals surface area contributed by atoms with Crippen molar-refractivity contribution in [3.05, 3.63) is 28.2 Å². The van der Waals surface area contributed by atoms with E-state index in [2.05, 4.69) is 20.8 Å². The van der Waals surface area contributed by atoms with E-state index in [1.54, 1.807) is 6.92 Å². The number of benzene rings is 1. The van der Waals surface area contributed by atoms with Crippen LogP contribution >= 0.6 is 15.9 Å². The van der Waals surface area contributed by atoms with Crippen LogP contribution in [0.4, 0.5) is 5.69 Å². The molecule has 0 aliphatic carbocycles. The van der Waals surface area contributed by atoms with Gasteiger partial charge in [0.1, 0.15) is 0 Å². The van der Waals surface area contributed by atoms with Crippen LogP contribution in [0.1, 0.15) is 43.0 Å². The van der Waals surface area contributed by atoms with E-state index in [0.29, 0.717) is 5.56 Å². The molecular weight excluding hydrogens is 306 g/mol. The first kappa shape index (κ1) is 14.5. The molecule has 1 aliphatic rings. The molecule has 1 saturated heterocycles. The molecule has 4 heteroatoms. The van der Waals surface area contributed by atoms with Crippen LogP contribution in [0.25, 0.3) is 0 Å². The molecule has 1 N–H and O–H groups in total. The molecule has 1 aromatic carbocycles. The molecule has 0 spiro atoms. The van der Waals surface area contributed by atoms with Gasteiger partial charge in [-0.2, -0.15) is 0 Å². The van der Waals surface area contributed by atoms with Gasteiger partial charge in [-0.3, -0.25) is 4.79 Å². The molecule has 0 aromatic heterocycles. The lowest BCUT2D eigenvalue weighted by Gasteiger charge is -2.31. The summed E-state index contributed by atoms with van der Waals surface area (Å²) in [6, 6.07) is 6.03. The monoisotopic (exact) mass is 325 g/mol. The summed E-state index contributed by atoms with van der Waals surface area (Å²) in [5.41, 5.74) is 1.79. The molecule has 19 heavy (non-hydrogen) atoms. The summed E-state index contributed by atoms with van der Waals surface area (Å²) in [5, 5.41) is 9.55. The number of anilines is 1. The second-order valence-corrected chi connectivity index (χ2v) is 5.95. The third-order valence-electron chi connectivity index (χ3n) is 3.75. The maximum atomic E-state index is 11.4. The highest BCUT2D eigenvalue weighted by Gasteiger charge is 2.21. The second-order valence-electron chi connectivity index (χ2n) is 5.10. The van der Waals surface area contributed by atoms with Crippen LogP contribution < -0.4 is 4.90 Å². The Kier molecular flexibility index (Phi) is 4.99. The van der Waals surface area contributed by atoms with Crippen molar-refractivity contribution in [2.75, 3.05) is 18.1 Å². The van der Waals surface area contributed by atoms with Crippen molar-refractivity contribution in [2.24, 2.45) is 0 Å². The van der Waals surface area contributed by atoms with E-state index in [1.807, 2.05) is 18.2 Å². The third kappa shape index (κ3) is 3.37. The fourth-order valence-electron chi connectivity index (χ4n) is 2.68. The fourth-order valence-corrected chi connectivity index (χ4v) is 3.32. The Balaban J connectivity index is 2.28. The molecule has 104 valence electrons. The number of hydrogen-bond acceptors (Lipinski definition) is 3. The van der Waals surface area contributed by atoms with Crippen molar-refractivity contribution >= 4 is 27.4 Å². The lowest BCUT2D eigenvalue weighted by molar-refractivity contribution is 0.101. The first-order valence-electron chi connectivity index (χ1n) is 6.81. The van der Waals surface area contributed by atoms with Crippen LogP contribution in [0.2, 0.25) is 0 Å². The van der Waals surface area contributed by atoms with Gasteiger partial charge in [-0.15, -0.1) is 0 Å². The minimum absolute atomic E-state index is 0.0630. The average molecular weight is 326 g/mol. The number of halogens is 1. The Morgan fingerprint density at radius 1 is 1.42 bits per heavy atom. The van der Waals surface area contributed by atoms with Gasteiger partial charge in [0.15, 0.2) is 5.78 Å². The summed E-state index contributed by atoms with van der Waals surface area (Å²) in [5.74, 6) is 0.0630. The molecule has 1 heterocycles. The van der Waals surface area contributed by atoms with E-state index in [4.69, 9.17) is 0 Å². The molecule has 1 fully saturated rings. The van der Waals surface area contributed by atoms with E-state index in [9.17, 15) is 9.90 Å². The lowest BCUT2D eigenvalue weighted by atomic mass is 10.1. The van der Waals surface area contributed by atoms with Gasteiger partial charge in [0.2, 0.25) is 0 Å². The molecule has 0 saturated carbocycles. The largest absolute Gasteiger partial charge is 0.394 e. The highest BCUT2D eigenvalue weighted by atomic mass is 79.9. The number of carbonyl (C=O) groups is 1. The smallest absolute Gasteiger partial charge is 0.160 e. The standard InChI is InChI=1S/C15H20BrNO2/c1-11(19)14-7-6-12(9-15(14)16)17-8-4-2-3-5-13(17)10-18/h6-7,9,13,18H,2-5,8,10H2,1H3. The predicted octanol–water partition coefficient (Wildman–Crippen LogP) is 3.39. The second kappa shape index (κ2) is 6.53. The van der Waals surface area contributed by atoms with Crippen molar-refractivity contribution in [3.63, 3.8) is 0 Å². The zero-order chi connectivity index (χ0) is 13.8. The SMILES string of the molecule is CC(=O)c1ccc(N2CCCCCC2CO)cc1Br. The van der Waals surface area contributed by atoms with Gasteiger partial charge in [0.05, 0.1) is 12.6 Å². The number of aliphatic hydroxyl groups is 1. The maximum absolute atomic E-state index is 11.4. The van der Waals surface area contributed by atoms with Crippen molar-refractivity contribution in [1.29, 1.82) is 0 Å². The maximum Gasteiger partial charge on any atom is 0.160 e. The number of hydrogen-bond donors (Lipinski definition) is 1. The Labute approximate surface area is 122 Å². The van der Waals surface area contributed by atoms with Crippen molar-refractivity contribution in [1.82, 2.24) is 0 Å².